The van der Waals surface area contributed by atoms with Gasteiger partial charge < -0.3 is 0 Å². The fourth-order valence-corrected chi connectivity index (χ4v) is 7.28. The molecule has 0 saturated carbocycles. The van der Waals surface area contributed by atoms with E-state index in [1.54, 1.807) is 10.9 Å². The van der Waals surface area contributed by atoms with Gasteiger partial charge in [-0.3, -0.25) is 0 Å². The zero-order valence-corrected chi connectivity index (χ0v) is 18.9. The molecule has 0 N–H and O–H groups in total. The maximum absolute atomic E-state index is 2.35. The van der Waals surface area contributed by atoms with Crippen LogP contribution >= 0.6 is 16.5 Å². The van der Waals surface area contributed by atoms with E-state index >= 15 is 0 Å². The van der Waals surface area contributed by atoms with Crippen LogP contribution in [0, 0.1) is 0 Å². The van der Waals surface area contributed by atoms with Crippen LogP contribution in [-0.4, -0.2) is 12.3 Å². The normalized spacial score (nSPS) is 11.5. The highest BCUT2D eigenvalue weighted by atomic mass is 31.1. The van der Waals surface area contributed by atoms with Crippen LogP contribution < -0.4 is 15.9 Å². The third-order valence-corrected chi connectivity index (χ3v) is 9.16. The first-order chi connectivity index (χ1) is 13.9. The second-order valence-corrected chi connectivity index (χ2v) is 10.9. The van der Waals surface area contributed by atoms with Crippen molar-refractivity contribution < 1.29 is 0 Å². The van der Waals surface area contributed by atoms with Crippen molar-refractivity contribution in [3.05, 3.63) is 90.5 Å². The first-order valence-electron chi connectivity index (χ1n) is 10.6. The molecule has 0 spiro atoms. The van der Waals surface area contributed by atoms with Crippen LogP contribution in [0.1, 0.15) is 38.2 Å². The van der Waals surface area contributed by atoms with E-state index in [4.69, 9.17) is 0 Å². The Labute approximate surface area is 174 Å². The van der Waals surface area contributed by atoms with Gasteiger partial charge in [-0.2, -0.15) is 0 Å². The molecule has 0 aromatic heterocycles. The van der Waals surface area contributed by atoms with Crippen LogP contribution in [0.25, 0.3) is 0 Å². The first kappa shape index (κ1) is 21.2. The minimum Gasteiger partial charge on any atom is -0.0901 e. The number of unbranched alkanes of at least 4 members (excludes halogenated alkanes) is 2. The molecule has 0 aliphatic carbocycles. The van der Waals surface area contributed by atoms with Crippen molar-refractivity contribution in [2.45, 2.75) is 39.0 Å². The molecule has 0 amide bonds. The maximum Gasteiger partial charge on any atom is -0.0195 e. The van der Waals surface area contributed by atoms with Crippen LogP contribution in [-0.2, 0) is 6.42 Å². The number of hydrogen-bond acceptors (Lipinski definition) is 0. The van der Waals surface area contributed by atoms with E-state index in [2.05, 4.69) is 91.9 Å². The molecule has 3 aromatic carbocycles. The van der Waals surface area contributed by atoms with Crippen LogP contribution in [0.5, 0.6) is 0 Å². The van der Waals surface area contributed by atoms with Gasteiger partial charge in [0.05, 0.1) is 0 Å². The summed E-state index contributed by atoms with van der Waals surface area (Å²) in [7, 11) is 0.725. The number of hydrogen-bond donors (Lipinski definition) is 0. The molecular weight excluding hydrogens is 374 g/mol. The van der Waals surface area contributed by atoms with E-state index in [0.717, 1.165) is 8.58 Å². The molecule has 2 heteroatoms. The highest BCUT2D eigenvalue weighted by molar-refractivity contribution is 7.73. The van der Waals surface area contributed by atoms with E-state index in [1.807, 2.05) is 0 Å². The summed E-state index contributed by atoms with van der Waals surface area (Å²) in [5, 5.41) is 4.62. The molecule has 3 rings (SSSR count). The standard InChI is InChI=1S/C26H32P2/c1-2-3-14-23-15-10-11-20-26(23)27-21-12-13-22-28(24-16-6-4-7-17-24)25-18-8-5-9-19-25/h4-11,15-20,27H,2-3,12-14,21-22H2,1H3. The Balaban J connectivity index is 1.53. The number of benzene rings is 3. The Morgan fingerprint density at radius 3 is 1.93 bits per heavy atom. The van der Waals surface area contributed by atoms with Crippen molar-refractivity contribution in [2.24, 2.45) is 0 Å². The zero-order chi connectivity index (χ0) is 19.4. The summed E-state index contributed by atoms with van der Waals surface area (Å²) in [6.07, 6.45) is 9.10. The minimum atomic E-state index is -0.233. The van der Waals surface area contributed by atoms with Gasteiger partial charge >= 0.3 is 0 Å². The third kappa shape index (κ3) is 6.55. The topological polar surface area (TPSA) is 0 Å². The highest BCUT2D eigenvalue weighted by Crippen LogP contribution is 2.34. The Morgan fingerprint density at radius 2 is 1.29 bits per heavy atom. The Bertz CT molecular complexity index is 759. The molecular formula is C26H32P2. The average Bonchev–Trinajstić information content (AvgIpc) is 2.76. The Kier molecular flexibility index (Phi) is 9.22. The maximum atomic E-state index is 2.35. The summed E-state index contributed by atoms with van der Waals surface area (Å²) in [6, 6.07) is 31.3. The van der Waals surface area contributed by atoms with E-state index < -0.39 is 0 Å². The fourth-order valence-electron chi connectivity index (χ4n) is 3.52. The van der Waals surface area contributed by atoms with Crippen LogP contribution in [0.15, 0.2) is 84.9 Å². The van der Waals surface area contributed by atoms with Crippen molar-refractivity contribution >= 4 is 32.4 Å². The Morgan fingerprint density at radius 1 is 0.679 bits per heavy atom. The summed E-state index contributed by atoms with van der Waals surface area (Å²) in [5.74, 6) is 0. The number of rotatable bonds is 11. The van der Waals surface area contributed by atoms with E-state index in [0.29, 0.717) is 0 Å². The summed E-state index contributed by atoms with van der Waals surface area (Å²) < 4.78 is 0. The molecule has 0 saturated heterocycles. The molecule has 146 valence electrons. The van der Waals surface area contributed by atoms with Crippen LogP contribution in [0.3, 0.4) is 0 Å². The van der Waals surface area contributed by atoms with Gasteiger partial charge in [0.1, 0.15) is 0 Å². The molecule has 0 aliphatic rings. The quantitative estimate of drug-likeness (QED) is 0.261. The molecule has 0 bridgehead atoms. The summed E-state index contributed by atoms with van der Waals surface area (Å²) in [4.78, 5) is 0. The summed E-state index contributed by atoms with van der Waals surface area (Å²) in [5.41, 5.74) is 1.58. The fraction of sp³-hybridized carbons (Fsp3) is 0.308. The van der Waals surface area contributed by atoms with Gasteiger partial charge in [0.15, 0.2) is 0 Å². The molecule has 1 atom stereocenters. The lowest BCUT2D eigenvalue weighted by molar-refractivity contribution is 0.798. The van der Waals surface area contributed by atoms with Gasteiger partial charge in [0.25, 0.3) is 0 Å². The van der Waals surface area contributed by atoms with Crippen LogP contribution in [0.4, 0.5) is 0 Å². The summed E-state index contributed by atoms with van der Waals surface area (Å²) in [6.45, 7) is 2.28. The lowest BCUT2D eigenvalue weighted by Crippen LogP contribution is -2.14. The van der Waals surface area contributed by atoms with Gasteiger partial charge in [0.2, 0.25) is 0 Å². The SMILES string of the molecule is CCCCc1ccccc1PCCCCP(c1ccccc1)c1ccccc1. The second-order valence-electron chi connectivity index (χ2n) is 7.22. The van der Waals surface area contributed by atoms with Crippen molar-refractivity contribution in [1.82, 2.24) is 0 Å². The third-order valence-electron chi connectivity index (χ3n) is 5.08. The van der Waals surface area contributed by atoms with Crippen LogP contribution in [0.2, 0.25) is 0 Å². The minimum absolute atomic E-state index is 0.233. The molecule has 0 radical (unpaired) electrons. The molecule has 0 aliphatic heterocycles. The van der Waals surface area contributed by atoms with Gasteiger partial charge in [-0.15, -0.1) is 0 Å². The lowest BCUT2D eigenvalue weighted by Gasteiger charge is -2.18. The molecule has 1 unspecified atom stereocenters. The predicted molar refractivity (Wildman–Crippen MR) is 131 cm³/mol. The van der Waals surface area contributed by atoms with Crippen molar-refractivity contribution in [3.8, 4) is 0 Å². The number of aryl methyl sites for hydroxylation is 1. The smallest absolute Gasteiger partial charge is 0.0195 e. The van der Waals surface area contributed by atoms with Crippen molar-refractivity contribution in [3.63, 3.8) is 0 Å². The van der Waals surface area contributed by atoms with E-state index in [1.165, 1.54) is 55.0 Å². The van der Waals surface area contributed by atoms with Gasteiger partial charge in [-0.25, -0.2) is 0 Å². The highest BCUT2D eigenvalue weighted by Gasteiger charge is 2.12. The van der Waals surface area contributed by atoms with Crippen molar-refractivity contribution in [1.29, 1.82) is 0 Å². The summed E-state index contributed by atoms with van der Waals surface area (Å²) >= 11 is 0. The molecule has 0 heterocycles. The van der Waals surface area contributed by atoms with Gasteiger partial charge in [-0.1, -0.05) is 107 Å². The lowest BCUT2D eigenvalue weighted by atomic mass is 10.1. The monoisotopic (exact) mass is 406 g/mol. The zero-order valence-electron chi connectivity index (χ0n) is 17.0. The molecule has 0 fully saturated rings. The van der Waals surface area contributed by atoms with E-state index in [-0.39, 0.29) is 7.92 Å². The van der Waals surface area contributed by atoms with Crippen molar-refractivity contribution in [2.75, 3.05) is 12.3 Å². The second kappa shape index (κ2) is 12.2. The molecule has 28 heavy (non-hydrogen) atoms. The largest absolute Gasteiger partial charge is 0.0901 e. The average molecular weight is 406 g/mol. The molecule has 3 aromatic rings. The van der Waals surface area contributed by atoms with Gasteiger partial charge in [0, 0.05) is 0 Å². The first-order valence-corrected chi connectivity index (χ1v) is 13.3. The molecule has 0 nitrogen and oxygen atoms in total. The van der Waals surface area contributed by atoms with E-state index in [9.17, 15) is 0 Å². The Hall–Kier alpha value is -1.48. The predicted octanol–water partition coefficient (Wildman–Crippen LogP) is 6.25. The van der Waals surface area contributed by atoms with Gasteiger partial charge in [-0.05, 0) is 67.4 Å².